The number of rotatable bonds is 5. The first-order valence-electron chi connectivity index (χ1n) is 4.76. The van der Waals surface area contributed by atoms with Crippen LogP contribution in [0.2, 0.25) is 0 Å². The minimum absolute atomic E-state index is 0.346. The predicted octanol–water partition coefficient (Wildman–Crippen LogP) is 1.81. The van der Waals surface area contributed by atoms with Crippen molar-refractivity contribution in [1.82, 2.24) is 14.9 Å². The summed E-state index contributed by atoms with van der Waals surface area (Å²) >= 11 is 0. The van der Waals surface area contributed by atoms with Crippen LogP contribution in [0, 0.1) is 0 Å². The standard InChI is InChI=1S/C9H14F3N3/c1-8(9(10,11)12)14-3-2-5-15-6-4-13-7-15/h4,6-8,14H,2-3,5H2,1H3. The average molecular weight is 221 g/mol. The van der Waals surface area contributed by atoms with Gasteiger partial charge in [-0.15, -0.1) is 0 Å². The number of nitrogens with zero attached hydrogens (tertiary/aromatic N) is 2. The zero-order chi connectivity index (χ0) is 11.3. The predicted molar refractivity (Wildman–Crippen MR) is 50.4 cm³/mol. The molecule has 1 atom stereocenters. The Bertz CT molecular complexity index is 269. The van der Waals surface area contributed by atoms with E-state index in [1.165, 1.54) is 0 Å². The summed E-state index contributed by atoms with van der Waals surface area (Å²) in [5.41, 5.74) is 0. The van der Waals surface area contributed by atoms with Crippen LogP contribution in [-0.2, 0) is 6.54 Å². The molecule has 0 aliphatic heterocycles. The maximum atomic E-state index is 12.1. The first-order valence-corrected chi connectivity index (χ1v) is 4.76. The van der Waals surface area contributed by atoms with Gasteiger partial charge in [0.1, 0.15) is 6.04 Å². The van der Waals surface area contributed by atoms with Gasteiger partial charge < -0.3 is 9.88 Å². The van der Waals surface area contributed by atoms with Gasteiger partial charge in [0, 0.05) is 18.9 Å². The van der Waals surface area contributed by atoms with Crippen molar-refractivity contribution >= 4 is 0 Å². The maximum Gasteiger partial charge on any atom is 0.403 e. The van der Waals surface area contributed by atoms with Crippen molar-refractivity contribution in [2.75, 3.05) is 6.54 Å². The SMILES string of the molecule is CC(NCCCn1ccnc1)C(F)(F)F. The minimum atomic E-state index is -4.16. The van der Waals surface area contributed by atoms with E-state index in [1.807, 2.05) is 4.57 Å². The van der Waals surface area contributed by atoms with Gasteiger partial charge in [-0.2, -0.15) is 13.2 Å². The molecule has 0 aliphatic rings. The molecular weight excluding hydrogens is 207 g/mol. The Morgan fingerprint density at radius 1 is 1.47 bits per heavy atom. The molecule has 15 heavy (non-hydrogen) atoms. The van der Waals surface area contributed by atoms with Gasteiger partial charge in [-0.05, 0) is 19.9 Å². The third-order valence-corrected chi connectivity index (χ3v) is 2.09. The highest BCUT2D eigenvalue weighted by Crippen LogP contribution is 2.19. The number of imidazole rings is 1. The Morgan fingerprint density at radius 2 is 2.20 bits per heavy atom. The van der Waals surface area contributed by atoms with Crippen molar-refractivity contribution in [3.63, 3.8) is 0 Å². The summed E-state index contributed by atoms with van der Waals surface area (Å²) in [5, 5.41) is 2.43. The molecule has 0 radical (unpaired) electrons. The molecule has 1 N–H and O–H groups in total. The second-order valence-electron chi connectivity index (χ2n) is 3.37. The fraction of sp³-hybridized carbons (Fsp3) is 0.667. The van der Waals surface area contributed by atoms with Crippen LogP contribution in [0.15, 0.2) is 18.7 Å². The third kappa shape index (κ3) is 4.33. The third-order valence-electron chi connectivity index (χ3n) is 2.09. The van der Waals surface area contributed by atoms with E-state index in [1.54, 1.807) is 18.7 Å². The Kier molecular flexibility index (Phi) is 4.14. The van der Waals surface area contributed by atoms with E-state index in [2.05, 4.69) is 10.3 Å². The molecule has 1 heterocycles. The summed E-state index contributed by atoms with van der Waals surface area (Å²) in [4.78, 5) is 3.84. The normalized spacial score (nSPS) is 14.1. The molecule has 0 spiro atoms. The summed E-state index contributed by atoms with van der Waals surface area (Å²) in [6.07, 6.45) is 1.57. The number of hydrogen-bond donors (Lipinski definition) is 1. The molecule has 1 aromatic rings. The lowest BCUT2D eigenvalue weighted by Gasteiger charge is -2.16. The summed E-state index contributed by atoms with van der Waals surface area (Å²) in [6.45, 7) is 2.15. The maximum absolute atomic E-state index is 12.1. The zero-order valence-electron chi connectivity index (χ0n) is 8.46. The highest BCUT2D eigenvalue weighted by molar-refractivity contribution is 4.74. The van der Waals surface area contributed by atoms with E-state index < -0.39 is 12.2 Å². The van der Waals surface area contributed by atoms with Gasteiger partial charge in [0.2, 0.25) is 0 Å². The molecule has 0 saturated carbocycles. The Hall–Kier alpha value is -1.04. The Balaban J connectivity index is 2.12. The Morgan fingerprint density at radius 3 is 2.73 bits per heavy atom. The van der Waals surface area contributed by atoms with Crippen LogP contribution in [-0.4, -0.2) is 28.3 Å². The molecule has 0 bridgehead atoms. The van der Waals surface area contributed by atoms with Gasteiger partial charge in [0.05, 0.1) is 6.33 Å². The van der Waals surface area contributed by atoms with Crippen molar-refractivity contribution in [3.8, 4) is 0 Å². The second-order valence-corrected chi connectivity index (χ2v) is 3.37. The van der Waals surface area contributed by atoms with Crippen LogP contribution in [0.1, 0.15) is 13.3 Å². The highest BCUT2D eigenvalue weighted by atomic mass is 19.4. The molecular formula is C9H14F3N3. The Labute approximate surface area is 86.3 Å². The van der Waals surface area contributed by atoms with Crippen molar-refractivity contribution in [3.05, 3.63) is 18.7 Å². The average Bonchev–Trinajstić information content (AvgIpc) is 2.63. The topological polar surface area (TPSA) is 29.9 Å². The van der Waals surface area contributed by atoms with Crippen LogP contribution < -0.4 is 5.32 Å². The molecule has 0 aromatic carbocycles. The van der Waals surface area contributed by atoms with Gasteiger partial charge in [-0.1, -0.05) is 0 Å². The molecule has 1 aromatic heterocycles. The summed E-state index contributed by atoms with van der Waals surface area (Å²) < 4.78 is 38.0. The lowest BCUT2D eigenvalue weighted by atomic mass is 10.3. The zero-order valence-corrected chi connectivity index (χ0v) is 8.46. The first kappa shape index (κ1) is 12.0. The molecule has 0 aliphatic carbocycles. The second kappa shape index (κ2) is 5.16. The molecule has 86 valence electrons. The molecule has 6 heteroatoms. The smallest absolute Gasteiger partial charge is 0.337 e. The summed E-state index contributed by atoms with van der Waals surface area (Å²) in [7, 11) is 0. The molecule has 0 amide bonds. The van der Waals surface area contributed by atoms with Crippen molar-refractivity contribution in [2.24, 2.45) is 0 Å². The molecule has 1 rings (SSSR count). The molecule has 3 nitrogen and oxygen atoms in total. The number of aromatic nitrogens is 2. The molecule has 1 unspecified atom stereocenters. The van der Waals surface area contributed by atoms with E-state index in [9.17, 15) is 13.2 Å². The first-order chi connectivity index (χ1) is 7.00. The van der Waals surface area contributed by atoms with Crippen LogP contribution in [0.3, 0.4) is 0 Å². The summed E-state index contributed by atoms with van der Waals surface area (Å²) in [5.74, 6) is 0. The van der Waals surface area contributed by atoms with Crippen LogP contribution >= 0.6 is 0 Å². The quantitative estimate of drug-likeness (QED) is 0.768. The fourth-order valence-electron chi connectivity index (χ4n) is 1.11. The van der Waals surface area contributed by atoms with E-state index in [0.29, 0.717) is 19.5 Å². The van der Waals surface area contributed by atoms with E-state index >= 15 is 0 Å². The largest absolute Gasteiger partial charge is 0.403 e. The number of hydrogen-bond acceptors (Lipinski definition) is 2. The minimum Gasteiger partial charge on any atom is -0.337 e. The van der Waals surface area contributed by atoms with Crippen LogP contribution in [0.5, 0.6) is 0 Å². The monoisotopic (exact) mass is 221 g/mol. The van der Waals surface area contributed by atoms with Gasteiger partial charge in [-0.25, -0.2) is 4.98 Å². The van der Waals surface area contributed by atoms with Gasteiger partial charge >= 0.3 is 6.18 Å². The number of aryl methyl sites for hydroxylation is 1. The van der Waals surface area contributed by atoms with Crippen molar-refractivity contribution in [1.29, 1.82) is 0 Å². The lowest BCUT2D eigenvalue weighted by molar-refractivity contribution is -0.151. The molecule has 0 fully saturated rings. The van der Waals surface area contributed by atoms with Gasteiger partial charge in [0.15, 0.2) is 0 Å². The number of nitrogens with one attached hydrogen (secondary N) is 1. The molecule has 0 saturated heterocycles. The van der Waals surface area contributed by atoms with Crippen LogP contribution in [0.4, 0.5) is 13.2 Å². The van der Waals surface area contributed by atoms with Crippen molar-refractivity contribution in [2.45, 2.75) is 32.1 Å². The fourth-order valence-corrected chi connectivity index (χ4v) is 1.11. The lowest BCUT2D eigenvalue weighted by Crippen LogP contribution is -2.40. The highest BCUT2D eigenvalue weighted by Gasteiger charge is 2.35. The summed E-state index contributed by atoms with van der Waals surface area (Å²) in [6, 6.07) is -1.44. The number of alkyl halides is 3. The van der Waals surface area contributed by atoms with Gasteiger partial charge in [-0.3, -0.25) is 0 Å². The van der Waals surface area contributed by atoms with Gasteiger partial charge in [0.25, 0.3) is 0 Å². The van der Waals surface area contributed by atoms with Crippen molar-refractivity contribution < 1.29 is 13.2 Å². The van der Waals surface area contributed by atoms with Crippen LogP contribution in [0.25, 0.3) is 0 Å². The van der Waals surface area contributed by atoms with E-state index in [-0.39, 0.29) is 0 Å². The number of halogens is 3. The van der Waals surface area contributed by atoms with E-state index in [4.69, 9.17) is 0 Å². The van der Waals surface area contributed by atoms with E-state index in [0.717, 1.165) is 6.92 Å².